The first-order valence-electron chi connectivity index (χ1n) is 8.12. The maximum Gasteiger partial charge on any atom is 0.223 e. The highest BCUT2D eigenvalue weighted by atomic mass is 16.5. The van der Waals surface area contributed by atoms with Gasteiger partial charge in [0.15, 0.2) is 0 Å². The van der Waals surface area contributed by atoms with Gasteiger partial charge >= 0.3 is 0 Å². The highest BCUT2D eigenvalue weighted by Gasteiger charge is 2.21. The number of carbonyl (C=O) groups is 1. The Balaban J connectivity index is 2.01. The molecule has 0 unspecified atom stereocenters. The van der Waals surface area contributed by atoms with E-state index in [1.165, 1.54) is 0 Å². The van der Waals surface area contributed by atoms with Crippen molar-refractivity contribution in [1.29, 1.82) is 0 Å². The fourth-order valence-electron chi connectivity index (χ4n) is 2.64. The second-order valence-corrected chi connectivity index (χ2v) is 7.07. The van der Waals surface area contributed by atoms with E-state index in [0.29, 0.717) is 6.54 Å². The molecule has 0 bridgehead atoms. The van der Waals surface area contributed by atoms with Gasteiger partial charge in [-0.15, -0.1) is 0 Å². The molecule has 1 saturated heterocycles. The van der Waals surface area contributed by atoms with E-state index in [0.717, 1.165) is 42.8 Å². The minimum Gasteiger partial charge on any atom is -0.488 e. The Hall–Kier alpha value is -1.55. The number of aryl methyl sites for hydroxylation is 1. The first kappa shape index (κ1) is 16.8. The van der Waals surface area contributed by atoms with Crippen LogP contribution in [0.2, 0.25) is 0 Å². The number of amides is 1. The monoisotopic (exact) mass is 304 g/mol. The van der Waals surface area contributed by atoms with Crippen LogP contribution in [-0.2, 0) is 11.3 Å². The third-order valence-electron chi connectivity index (χ3n) is 3.80. The van der Waals surface area contributed by atoms with E-state index >= 15 is 0 Å². The topological polar surface area (TPSA) is 50.4 Å². The number of benzene rings is 1. The van der Waals surface area contributed by atoms with Crippen molar-refractivity contribution in [3.8, 4) is 5.75 Å². The number of hydrogen-bond donors (Lipinski definition) is 2. The number of hydrogen-bond acceptors (Lipinski definition) is 3. The van der Waals surface area contributed by atoms with E-state index in [4.69, 9.17) is 4.74 Å². The molecule has 0 atom stereocenters. The Bertz CT molecular complexity index is 514. The summed E-state index contributed by atoms with van der Waals surface area (Å²) < 4.78 is 6.03. The van der Waals surface area contributed by atoms with Gasteiger partial charge in [-0.05, 0) is 65.3 Å². The van der Waals surface area contributed by atoms with Crippen LogP contribution in [0.4, 0.5) is 0 Å². The highest BCUT2D eigenvalue weighted by molar-refractivity contribution is 5.78. The third kappa shape index (κ3) is 5.02. The van der Waals surface area contributed by atoms with Gasteiger partial charge in [-0.1, -0.05) is 12.1 Å². The van der Waals surface area contributed by atoms with Gasteiger partial charge in [-0.2, -0.15) is 0 Å². The highest BCUT2D eigenvalue weighted by Crippen LogP contribution is 2.25. The fraction of sp³-hybridized carbons (Fsp3) is 0.611. The quantitative estimate of drug-likeness (QED) is 0.899. The molecular weight excluding hydrogens is 276 g/mol. The summed E-state index contributed by atoms with van der Waals surface area (Å²) in [4.78, 5) is 12.3. The number of piperidine rings is 1. The molecule has 0 aliphatic carbocycles. The van der Waals surface area contributed by atoms with Crippen LogP contribution in [0, 0.1) is 12.8 Å². The average Bonchev–Trinajstić information content (AvgIpc) is 2.45. The van der Waals surface area contributed by atoms with Gasteiger partial charge in [0.05, 0.1) is 0 Å². The summed E-state index contributed by atoms with van der Waals surface area (Å²) in [5, 5.41) is 6.35. The summed E-state index contributed by atoms with van der Waals surface area (Å²) in [5.74, 6) is 1.15. The van der Waals surface area contributed by atoms with E-state index in [2.05, 4.69) is 16.7 Å². The molecule has 1 fully saturated rings. The lowest BCUT2D eigenvalue weighted by molar-refractivity contribution is -0.125. The van der Waals surface area contributed by atoms with Gasteiger partial charge in [0, 0.05) is 18.0 Å². The first-order valence-corrected chi connectivity index (χ1v) is 8.12. The average molecular weight is 304 g/mol. The lowest BCUT2D eigenvalue weighted by Crippen LogP contribution is -2.38. The van der Waals surface area contributed by atoms with E-state index in [9.17, 15) is 4.79 Å². The predicted octanol–water partition coefficient (Wildman–Crippen LogP) is 2.79. The number of ether oxygens (including phenoxy) is 1. The van der Waals surface area contributed by atoms with Crippen LogP contribution >= 0.6 is 0 Å². The van der Waals surface area contributed by atoms with E-state index < -0.39 is 0 Å². The molecule has 22 heavy (non-hydrogen) atoms. The molecule has 122 valence electrons. The molecule has 4 heteroatoms. The summed E-state index contributed by atoms with van der Waals surface area (Å²) in [6.07, 6.45) is 1.84. The molecule has 0 saturated carbocycles. The van der Waals surface area contributed by atoms with Crippen LogP contribution in [-0.4, -0.2) is 24.6 Å². The van der Waals surface area contributed by atoms with Crippen molar-refractivity contribution in [3.63, 3.8) is 0 Å². The molecule has 1 amide bonds. The van der Waals surface area contributed by atoms with Crippen LogP contribution in [0.25, 0.3) is 0 Å². The maximum absolute atomic E-state index is 12.3. The summed E-state index contributed by atoms with van der Waals surface area (Å²) in [5.41, 5.74) is 1.94. The minimum atomic E-state index is -0.248. The summed E-state index contributed by atoms with van der Waals surface area (Å²) in [6, 6.07) is 6.14. The summed E-state index contributed by atoms with van der Waals surface area (Å²) >= 11 is 0. The molecule has 0 radical (unpaired) electrons. The molecule has 1 aromatic rings. The molecule has 0 aromatic heterocycles. The van der Waals surface area contributed by atoms with Crippen molar-refractivity contribution in [2.75, 3.05) is 13.1 Å². The molecule has 1 aromatic carbocycles. The molecular formula is C18H28N2O2. The Labute approximate surface area is 133 Å². The zero-order chi connectivity index (χ0) is 16.2. The second kappa shape index (κ2) is 7.14. The number of rotatable bonds is 4. The van der Waals surface area contributed by atoms with Gasteiger partial charge in [0.2, 0.25) is 5.91 Å². The Morgan fingerprint density at radius 3 is 2.64 bits per heavy atom. The van der Waals surface area contributed by atoms with Crippen molar-refractivity contribution in [2.24, 2.45) is 5.92 Å². The minimum absolute atomic E-state index is 0.138. The second-order valence-electron chi connectivity index (χ2n) is 7.07. The third-order valence-corrected chi connectivity index (χ3v) is 3.80. The van der Waals surface area contributed by atoms with Gasteiger partial charge in [-0.3, -0.25) is 4.79 Å². The maximum atomic E-state index is 12.3. The SMILES string of the molecule is Cc1ccc(CNC(=O)C2CCNCC2)c(OC(C)(C)C)c1. The van der Waals surface area contributed by atoms with Crippen LogP contribution in [0.5, 0.6) is 5.75 Å². The van der Waals surface area contributed by atoms with E-state index in [1.54, 1.807) is 0 Å². The number of carbonyl (C=O) groups excluding carboxylic acids is 1. The van der Waals surface area contributed by atoms with Crippen molar-refractivity contribution in [1.82, 2.24) is 10.6 Å². The normalized spacial score (nSPS) is 16.4. The Morgan fingerprint density at radius 1 is 1.32 bits per heavy atom. The molecule has 2 N–H and O–H groups in total. The van der Waals surface area contributed by atoms with Gasteiger partial charge in [0.25, 0.3) is 0 Å². The summed E-state index contributed by atoms with van der Waals surface area (Å²) in [7, 11) is 0. The predicted molar refractivity (Wildman–Crippen MR) is 89.0 cm³/mol. The molecule has 1 heterocycles. The molecule has 1 aliphatic rings. The molecule has 0 spiro atoms. The number of nitrogens with one attached hydrogen (secondary N) is 2. The van der Waals surface area contributed by atoms with Gasteiger partial charge < -0.3 is 15.4 Å². The zero-order valence-electron chi connectivity index (χ0n) is 14.2. The fourth-order valence-corrected chi connectivity index (χ4v) is 2.64. The van der Waals surface area contributed by atoms with Crippen LogP contribution < -0.4 is 15.4 Å². The lowest BCUT2D eigenvalue weighted by atomic mass is 9.97. The van der Waals surface area contributed by atoms with Gasteiger partial charge in [0.1, 0.15) is 11.4 Å². The lowest BCUT2D eigenvalue weighted by Gasteiger charge is -2.25. The summed E-state index contributed by atoms with van der Waals surface area (Å²) in [6.45, 7) is 10.5. The van der Waals surface area contributed by atoms with Crippen LogP contribution in [0.15, 0.2) is 18.2 Å². The largest absolute Gasteiger partial charge is 0.488 e. The van der Waals surface area contributed by atoms with E-state index in [-0.39, 0.29) is 17.4 Å². The molecule has 2 rings (SSSR count). The van der Waals surface area contributed by atoms with Crippen molar-refractivity contribution < 1.29 is 9.53 Å². The zero-order valence-corrected chi connectivity index (χ0v) is 14.2. The van der Waals surface area contributed by atoms with Crippen molar-refractivity contribution >= 4 is 5.91 Å². The van der Waals surface area contributed by atoms with E-state index in [1.807, 2.05) is 39.8 Å². The first-order chi connectivity index (χ1) is 10.3. The van der Waals surface area contributed by atoms with Crippen LogP contribution in [0.1, 0.15) is 44.7 Å². The van der Waals surface area contributed by atoms with Crippen molar-refractivity contribution in [2.45, 2.75) is 52.7 Å². The smallest absolute Gasteiger partial charge is 0.223 e. The molecule has 1 aliphatic heterocycles. The van der Waals surface area contributed by atoms with Crippen LogP contribution in [0.3, 0.4) is 0 Å². The Morgan fingerprint density at radius 2 is 2.00 bits per heavy atom. The Kier molecular flexibility index (Phi) is 5.46. The van der Waals surface area contributed by atoms with Gasteiger partial charge in [-0.25, -0.2) is 0 Å². The molecule has 4 nitrogen and oxygen atoms in total. The van der Waals surface area contributed by atoms with Crippen molar-refractivity contribution in [3.05, 3.63) is 29.3 Å². The standard InChI is InChI=1S/C18H28N2O2/c1-13-5-6-15(16(11-13)22-18(2,3)4)12-20-17(21)14-7-9-19-10-8-14/h5-6,11,14,19H,7-10,12H2,1-4H3,(H,20,21).